The van der Waals surface area contributed by atoms with Crippen molar-refractivity contribution >= 4 is 15.9 Å². The summed E-state index contributed by atoms with van der Waals surface area (Å²) in [5.74, 6) is -1.13. The number of carbonyl (C=O) groups is 1. The van der Waals surface area contributed by atoms with Gasteiger partial charge in [0, 0.05) is 24.5 Å². The molecular formula is C18H16FN5O5S. The molecule has 12 heteroatoms. The number of aliphatic hydroxyl groups excluding tert-OH is 1. The van der Waals surface area contributed by atoms with E-state index in [0.717, 1.165) is 10.2 Å². The molecule has 0 radical (unpaired) electrons. The maximum Gasteiger partial charge on any atom is 0.300 e. The molecule has 4 heterocycles. The molecule has 30 heavy (non-hydrogen) atoms. The highest BCUT2D eigenvalue weighted by molar-refractivity contribution is 7.89. The van der Waals surface area contributed by atoms with E-state index in [1.54, 1.807) is 0 Å². The topological polar surface area (TPSA) is 128 Å². The number of nitrogens with zero attached hydrogens (tertiary/aromatic N) is 5. The summed E-state index contributed by atoms with van der Waals surface area (Å²) in [5, 5.41) is 14.0. The molecule has 0 unspecified atom stereocenters. The Morgan fingerprint density at radius 2 is 2.07 bits per heavy atom. The largest absolute Gasteiger partial charge is 0.495 e. The van der Waals surface area contributed by atoms with E-state index in [1.165, 1.54) is 48.8 Å². The zero-order valence-corrected chi connectivity index (χ0v) is 16.5. The first-order valence-electron chi connectivity index (χ1n) is 8.71. The monoisotopic (exact) mass is 433 g/mol. The number of aromatic nitrogens is 4. The van der Waals surface area contributed by atoms with Crippen molar-refractivity contribution in [2.24, 2.45) is 0 Å². The van der Waals surface area contributed by atoms with Crippen LogP contribution in [0.25, 0.3) is 0 Å². The third kappa shape index (κ3) is 3.39. The van der Waals surface area contributed by atoms with E-state index in [-0.39, 0.29) is 23.8 Å². The van der Waals surface area contributed by atoms with Crippen LogP contribution in [-0.4, -0.2) is 50.6 Å². The van der Waals surface area contributed by atoms with E-state index in [2.05, 4.69) is 15.1 Å². The van der Waals surface area contributed by atoms with Gasteiger partial charge in [0.15, 0.2) is 11.1 Å². The third-order valence-corrected chi connectivity index (χ3v) is 6.05. The maximum absolute atomic E-state index is 13.8. The van der Waals surface area contributed by atoms with Gasteiger partial charge in [0.1, 0.15) is 17.3 Å². The molecule has 3 aromatic heterocycles. The second-order valence-corrected chi connectivity index (χ2v) is 8.22. The van der Waals surface area contributed by atoms with Crippen molar-refractivity contribution in [2.45, 2.75) is 24.2 Å². The first-order chi connectivity index (χ1) is 14.3. The number of pyridine rings is 2. The number of carbonyl (C=O) groups excluding carboxylic acids is 1. The average molecular weight is 433 g/mol. The number of hydrogen-bond donors (Lipinski definition) is 1. The molecule has 1 aliphatic heterocycles. The fraction of sp³-hybridized carbons (Fsp3) is 0.222. The predicted molar refractivity (Wildman–Crippen MR) is 99.0 cm³/mol. The van der Waals surface area contributed by atoms with Crippen LogP contribution in [0.3, 0.4) is 0 Å². The third-order valence-electron chi connectivity index (χ3n) is 4.61. The zero-order valence-electron chi connectivity index (χ0n) is 15.6. The second-order valence-electron chi connectivity index (χ2n) is 6.48. The lowest BCUT2D eigenvalue weighted by Crippen LogP contribution is -2.32. The van der Waals surface area contributed by atoms with Crippen molar-refractivity contribution in [3.63, 3.8) is 0 Å². The molecule has 0 fully saturated rings. The standard InChI is InChI=1S/C18H16FN5O5S/c1-29-12-4-5-15(21-7-12)30(27,28)24-9-11-8-23(10-14(11)22-24)18(26)17(25)16-13(19)3-2-6-20-16/h2-7,9,17,25H,8,10H2,1H3/t17-/m1/s1. The quantitative estimate of drug-likeness (QED) is 0.621. The van der Waals surface area contributed by atoms with E-state index in [9.17, 15) is 22.7 Å². The van der Waals surface area contributed by atoms with E-state index in [4.69, 9.17) is 4.74 Å². The Hall–Kier alpha value is -3.38. The van der Waals surface area contributed by atoms with Crippen LogP contribution in [0.5, 0.6) is 5.75 Å². The van der Waals surface area contributed by atoms with Crippen LogP contribution >= 0.6 is 0 Å². The van der Waals surface area contributed by atoms with Crippen LogP contribution in [0.15, 0.2) is 47.9 Å². The summed E-state index contributed by atoms with van der Waals surface area (Å²) < 4.78 is 45.0. The van der Waals surface area contributed by atoms with Crippen molar-refractivity contribution in [1.29, 1.82) is 0 Å². The number of halogens is 1. The number of aliphatic hydroxyl groups is 1. The predicted octanol–water partition coefficient (Wildman–Crippen LogP) is 0.634. The number of methoxy groups -OCH3 is 1. The summed E-state index contributed by atoms with van der Waals surface area (Å²) in [5.41, 5.74) is 0.480. The smallest absolute Gasteiger partial charge is 0.300 e. The lowest BCUT2D eigenvalue weighted by Gasteiger charge is -2.19. The highest BCUT2D eigenvalue weighted by atomic mass is 32.2. The molecule has 1 atom stereocenters. The molecule has 1 N–H and O–H groups in total. The molecule has 1 aliphatic rings. The van der Waals surface area contributed by atoms with E-state index in [0.29, 0.717) is 17.0 Å². The lowest BCUT2D eigenvalue weighted by molar-refractivity contribution is -0.141. The summed E-state index contributed by atoms with van der Waals surface area (Å²) in [6.45, 7) is -0.0104. The highest BCUT2D eigenvalue weighted by Crippen LogP contribution is 2.27. The minimum Gasteiger partial charge on any atom is -0.495 e. The number of fused-ring (bicyclic) bond motifs is 1. The molecule has 0 aliphatic carbocycles. The molecule has 0 spiro atoms. The summed E-state index contributed by atoms with van der Waals surface area (Å²) in [6, 6.07) is 5.22. The molecule has 10 nitrogen and oxygen atoms in total. The number of rotatable bonds is 5. The van der Waals surface area contributed by atoms with Gasteiger partial charge in [0.25, 0.3) is 15.9 Å². The van der Waals surface area contributed by atoms with Crippen LogP contribution in [-0.2, 0) is 27.9 Å². The molecular weight excluding hydrogens is 417 g/mol. The van der Waals surface area contributed by atoms with Gasteiger partial charge in [0.05, 0.1) is 25.5 Å². The van der Waals surface area contributed by atoms with Gasteiger partial charge in [-0.15, -0.1) is 0 Å². The first kappa shape index (κ1) is 19.9. The SMILES string of the molecule is COc1ccc(S(=O)(=O)n2cc3c(n2)CN(C(=O)[C@H](O)c2ncccc2F)C3)nc1. The molecule has 3 aromatic rings. The van der Waals surface area contributed by atoms with Gasteiger partial charge in [0.2, 0.25) is 0 Å². The number of ether oxygens (including phenoxy) is 1. The zero-order chi connectivity index (χ0) is 21.5. The van der Waals surface area contributed by atoms with Gasteiger partial charge in [-0.3, -0.25) is 9.78 Å². The second kappa shape index (κ2) is 7.46. The Labute approximate surface area is 170 Å². The van der Waals surface area contributed by atoms with Crippen LogP contribution in [0.4, 0.5) is 4.39 Å². The number of hydrogen-bond acceptors (Lipinski definition) is 8. The van der Waals surface area contributed by atoms with Crippen molar-refractivity contribution in [1.82, 2.24) is 24.1 Å². The van der Waals surface area contributed by atoms with E-state index in [1.807, 2.05) is 0 Å². The Kier molecular flexibility index (Phi) is 4.95. The minimum absolute atomic E-state index is 0.0191. The minimum atomic E-state index is -4.02. The molecule has 0 saturated heterocycles. The summed E-state index contributed by atoms with van der Waals surface area (Å²) >= 11 is 0. The van der Waals surface area contributed by atoms with Crippen LogP contribution in [0.1, 0.15) is 23.1 Å². The normalized spacial score (nSPS) is 14.4. The van der Waals surface area contributed by atoms with Crippen molar-refractivity contribution in [3.8, 4) is 5.75 Å². The maximum atomic E-state index is 13.8. The summed E-state index contributed by atoms with van der Waals surface area (Å²) in [6.07, 6.45) is 2.07. The number of amides is 1. The van der Waals surface area contributed by atoms with Crippen molar-refractivity contribution in [3.05, 3.63) is 65.6 Å². The van der Waals surface area contributed by atoms with Crippen molar-refractivity contribution in [2.75, 3.05) is 7.11 Å². The van der Waals surface area contributed by atoms with Gasteiger partial charge in [-0.05, 0) is 24.3 Å². The van der Waals surface area contributed by atoms with Gasteiger partial charge >= 0.3 is 0 Å². The Morgan fingerprint density at radius 1 is 1.27 bits per heavy atom. The molecule has 1 amide bonds. The fourth-order valence-corrected chi connectivity index (χ4v) is 4.12. The Bertz CT molecular complexity index is 1190. The highest BCUT2D eigenvalue weighted by Gasteiger charge is 2.34. The van der Waals surface area contributed by atoms with Gasteiger partial charge in [-0.2, -0.15) is 17.6 Å². The van der Waals surface area contributed by atoms with E-state index < -0.39 is 27.9 Å². The van der Waals surface area contributed by atoms with Crippen LogP contribution < -0.4 is 4.74 Å². The molecule has 156 valence electrons. The molecule has 0 saturated carbocycles. The Morgan fingerprint density at radius 3 is 2.70 bits per heavy atom. The molecule has 4 rings (SSSR count). The van der Waals surface area contributed by atoms with Gasteiger partial charge < -0.3 is 14.7 Å². The van der Waals surface area contributed by atoms with Crippen molar-refractivity contribution < 1.29 is 27.4 Å². The summed E-state index contributed by atoms with van der Waals surface area (Å²) in [7, 11) is -2.58. The first-order valence-corrected chi connectivity index (χ1v) is 10.2. The molecule has 0 bridgehead atoms. The fourth-order valence-electron chi connectivity index (χ4n) is 3.03. The van der Waals surface area contributed by atoms with Gasteiger partial charge in [-0.1, -0.05) is 0 Å². The van der Waals surface area contributed by atoms with Gasteiger partial charge in [-0.25, -0.2) is 9.37 Å². The summed E-state index contributed by atoms with van der Waals surface area (Å²) in [4.78, 5) is 21.4. The van der Waals surface area contributed by atoms with Crippen LogP contribution in [0, 0.1) is 5.82 Å². The molecule has 0 aromatic carbocycles. The van der Waals surface area contributed by atoms with Crippen LogP contribution in [0.2, 0.25) is 0 Å². The van der Waals surface area contributed by atoms with E-state index >= 15 is 0 Å². The Balaban J connectivity index is 1.52. The lowest BCUT2D eigenvalue weighted by atomic mass is 10.2. The average Bonchev–Trinajstić information content (AvgIpc) is 3.33.